The minimum Gasteiger partial charge on any atom is -0.346 e. The third-order valence-corrected chi connectivity index (χ3v) is 4.63. The first-order valence-electron chi connectivity index (χ1n) is 7.33. The van der Waals surface area contributed by atoms with Crippen LogP contribution in [0, 0.1) is 5.82 Å². The van der Waals surface area contributed by atoms with Gasteiger partial charge in [-0.25, -0.2) is 9.37 Å². The Morgan fingerprint density at radius 2 is 1.96 bits per heavy atom. The number of hydrogen-bond acceptors (Lipinski definition) is 3. The van der Waals surface area contributed by atoms with E-state index in [0.717, 1.165) is 17.1 Å². The summed E-state index contributed by atoms with van der Waals surface area (Å²) in [4.78, 5) is 16.6. The molecule has 1 amide bonds. The van der Waals surface area contributed by atoms with Crippen LogP contribution in [-0.2, 0) is 13.0 Å². The lowest BCUT2D eigenvalue weighted by Gasteiger charge is -2.06. The van der Waals surface area contributed by atoms with E-state index >= 15 is 0 Å². The lowest BCUT2D eigenvalue weighted by molar-refractivity contribution is 0.0946. The molecule has 1 aromatic heterocycles. The van der Waals surface area contributed by atoms with Crippen molar-refractivity contribution in [2.24, 2.45) is 0 Å². The van der Waals surface area contributed by atoms with Crippen LogP contribution < -0.4 is 5.32 Å². The van der Waals surface area contributed by atoms with Crippen LogP contribution in [0.5, 0.6) is 0 Å². The molecule has 0 spiro atoms. The molecule has 3 nitrogen and oxygen atoms in total. The second-order valence-corrected chi connectivity index (χ2v) is 6.52. The minimum atomic E-state index is -0.636. The van der Waals surface area contributed by atoms with E-state index < -0.39 is 11.7 Å². The summed E-state index contributed by atoms with van der Waals surface area (Å²) in [5, 5.41) is 5.61. The Labute approximate surface area is 148 Å². The van der Waals surface area contributed by atoms with Crippen molar-refractivity contribution >= 4 is 28.8 Å². The number of amides is 1. The number of thiazole rings is 1. The van der Waals surface area contributed by atoms with Gasteiger partial charge in [0, 0.05) is 11.8 Å². The van der Waals surface area contributed by atoms with E-state index in [2.05, 4.69) is 10.3 Å². The van der Waals surface area contributed by atoms with E-state index in [4.69, 9.17) is 11.6 Å². The molecule has 0 aliphatic rings. The fourth-order valence-corrected chi connectivity index (χ4v) is 3.33. The van der Waals surface area contributed by atoms with Gasteiger partial charge in [-0.05, 0) is 17.7 Å². The Bertz CT molecular complexity index is 831. The molecule has 0 atom stereocenters. The molecular weight excluding hydrogens is 347 g/mol. The lowest BCUT2D eigenvalue weighted by atomic mass is 10.2. The van der Waals surface area contributed by atoms with Crippen molar-refractivity contribution in [3.63, 3.8) is 0 Å². The smallest absolute Gasteiger partial charge is 0.256 e. The molecule has 0 fully saturated rings. The van der Waals surface area contributed by atoms with Crippen molar-refractivity contribution in [1.29, 1.82) is 0 Å². The summed E-state index contributed by atoms with van der Waals surface area (Å²) in [6.07, 6.45) is 0.749. The molecule has 122 valence electrons. The second-order valence-electron chi connectivity index (χ2n) is 5.17. The largest absolute Gasteiger partial charge is 0.346 e. The Morgan fingerprint density at radius 1 is 1.17 bits per heavy atom. The lowest BCUT2D eigenvalue weighted by Crippen LogP contribution is -2.24. The molecule has 1 heterocycles. The van der Waals surface area contributed by atoms with Crippen LogP contribution >= 0.6 is 22.9 Å². The van der Waals surface area contributed by atoms with Crippen molar-refractivity contribution in [2.45, 2.75) is 13.0 Å². The predicted octanol–water partition coefficient (Wildman–Crippen LogP) is 4.46. The highest BCUT2D eigenvalue weighted by Crippen LogP contribution is 2.19. The van der Waals surface area contributed by atoms with Crippen molar-refractivity contribution < 1.29 is 9.18 Å². The van der Waals surface area contributed by atoms with Gasteiger partial charge >= 0.3 is 0 Å². The molecule has 6 heteroatoms. The van der Waals surface area contributed by atoms with Crippen LogP contribution in [0.2, 0.25) is 5.02 Å². The average molecular weight is 361 g/mol. The number of benzene rings is 2. The number of carbonyl (C=O) groups excluding carboxylic acids is 1. The molecule has 24 heavy (non-hydrogen) atoms. The third-order valence-electron chi connectivity index (χ3n) is 3.42. The Morgan fingerprint density at radius 3 is 2.71 bits per heavy atom. The molecule has 0 bridgehead atoms. The fourth-order valence-electron chi connectivity index (χ4n) is 2.26. The van der Waals surface area contributed by atoms with Gasteiger partial charge in [0.1, 0.15) is 5.82 Å². The zero-order valence-electron chi connectivity index (χ0n) is 12.6. The highest BCUT2D eigenvalue weighted by Gasteiger charge is 2.15. The molecule has 0 aliphatic carbocycles. The molecule has 0 unspecified atom stereocenters. The standard InChI is InChI=1S/C18H14ClFN2OS/c19-14-7-4-8-15(20)17(14)18(23)21-10-13-11-24-16(22-13)9-12-5-2-1-3-6-12/h1-8,11H,9-10H2,(H,21,23). The topological polar surface area (TPSA) is 42.0 Å². The van der Waals surface area contributed by atoms with E-state index in [1.54, 1.807) is 0 Å². The van der Waals surface area contributed by atoms with Crippen molar-refractivity contribution in [3.05, 3.63) is 86.6 Å². The van der Waals surface area contributed by atoms with Gasteiger partial charge in [0.05, 0.1) is 27.8 Å². The van der Waals surface area contributed by atoms with E-state index in [0.29, 0.717) is 0 Å². The van der Waals surface area contributed by atoms with Crippen LogP contribution in [0.15, 0.2) is 53.9 Å². The number of rotatable bonds is 5. The minimum absolute atomic E-state index is 0.0931. The summed E-state index contributed by atoms with van der Waals surface area (Å²) in [5.41, 5.74) is 1.78. The maximum Gasteiger partial charge on any atom is 0.256 e. The summed E-state index contributed by atoms with van der Waals surface area (Å²) in [6, 6.07) is 14.2. The molecular formula is C18H14ClFN2OS. The summed E-state index contributed by atoms with van der Waals surface area (Å²) < 4.78 is 13.7. The molecule has 3 aromatic rings. The van der Waals surface area contributed by atoms with Crippen molar-refractivity contribution in [1.82, 2.24) is 10.3 Å². The summed E-state index contributed by atoms with van der Waals surface area (Å²) in [7, 11) is 0. The van der Waals surface area contributed by atoms with Crippen LogP contribution in [0.25, 0.3) is 0 Å². The van der Waals surface area contributed by atoms with E-state index in [1.807, 2.05) is 35.7 Å². The molecule has 1 N–H and O–H groups in total. The van der Waals surface area contributed by atoms with Gasteiger partial charge in [-0.2, -0.15) is 0 Å². The maximum absolute atomic E-state index is 13.7. The number of nitrogens with zero attached hydrogens (tertiary/aromatic N) is 1. The van der Waals surface area contributed by atoms with Gasteiger partial charge in [0.2, 0.25) is 0 Å². The highest BCUT2D eigenvalue weighted by molar-refractivity contribution is 7.09. The van der Waals surface area contributed by atoms with Gasteiger partial charge in [0.15, 0.2) is 0 Å². The first-order chi connectivity index (χ1) is 11.6. The quantitative estimate of drug-likeness (QED) is 0.730. The number of halogens is 2. The Hall–Kier alpha value is -2.24. The van der Waals surface area contributed by atoms with Gasteiger partial charge in [-0.1, -0.05) is 48.0 Å². The summed E-state index contributed by atoms with van der Waals surface area (Å²) >= 11 is 7.42. The number of hydrogen-bond donors (Lipinski definition) is 1. The maximum atomic E-state index is 13.7. The second kappa shape index (κ2) is 7.55. The van der Waals surface area contributed by atoms with Crippen LogP contribution in [0.3, 0.4) is 0 Å². The van der Waals surface area contributed by atoms with Crippen molar-refractivity contribution in [2.75, 3.05) is 0 Å². The van der Waals surface area contributed by atoms with Crippen LogP contribution in [0.1, 0.15) is 26.6 Å². The molecule has 0 aliphatic heterocycles. The zero-order valence-corrected chi connectivity index (χ0v) is 14.2. The molecule has 0 saturated carbocycles. The predicted molar refractivity (Wildman–Crippen MR) is 93.9 cm³/mol. The highest BCUT2D eigenvalue weighted by atomic mass is 35.5. The number of nitrogens with one attached hydrogen (secondary N) is 1. The molecule has 0 radical (unpaired) electrons. The Kier molecular flexibility index (Phi) is 5.23. The third kappa shape index (κ3) is 3.99. The summed E-state index contributed by atoms with van der Waals surface area (Å²) in [6.45, 7) is 0.231. The average Bonchev–Trinajstić information content (AvgIpc) is 3.01. The normalized spacial score (nSPS) is 10.6. The van der Waals surface area contributed by atoms with Gasteiger partial charge in [0.25, 0.3) is 5.91 Å². The first kappa shape index (κ1) is 16.6. The van der Waals surface area contributed by atoms with Gasteiger partial charge in [-0.15, -0.1) is 11.3 Å². The molecule has 2 aromatic carbocycles. The van der Waals surface area contributed by atoms with Crippen LogP contribution in [-0.4, -0.2) is 10.9 Å². The SMILES string of the molecule is O=C(NCc1csc(Cc2ccccc2)n1)c1c(F)cccc1Cl. The number of carbonyl (C=O) groups is 1. The van der Waals surface area contributed by atoms with E-state index in [9.17, 15) is 9.18 Å². The monoisotopic (exact) mass is 360 g/mol. The van der Waals surface area contributed by atoms with Gasteiger partial charge in [-0.3, -0.25) is 4.79 Å². The number of aromatic nitrogens is 1. The zero-order chi connectivity index (χ0) is 16.9. The fraction of sp³-hybridized carbons (Fsp3) is 0.111. The molecule has 0 saturated heterocycles. The molecule has 3 rings (SSSR count). The summed E-state index contributed by atoms with van der Waals surface area (Å²) in [5.74, 6) is -1.18. The van der Waals surface area contributed by atoms with Crippen LogP contribution in [0.4, 0.5) is 4.39 Å². The Balaban J connectivity index is 1.62. The first-order valence-corrected chi connectivity index (χ1v) is 8.58. The van der Waals surface area contributed by atoms with E-state index in [1.165, 1.54) is 35.1 Å². The van der Waals surface area contributed by atoms with E-state index in [-0.39, 0.29) is 17.1 Å². The van der Waals surface area contributed by atoms with Gasteiger partial charge < -0.3 is 5.32 Å². The van der Waals surface area contributed by atoms with Crippen molar-refractivity contribution in [3.8, 4) is 0 Å².